The zero-order valence-corrected chi connectivity index (χ0v) is 13.3. The molecule has 2 N–H and O–H groups in total. The number of imidazole rings is 1. The molecular weight excluding hydrogens is 286 g/mol. The van der Waals surface area contributed by atoms with Crippen molar-refractivity contribution < 1.29 is 4.74 Å². The van der Waals surface area contributed by atoms with E-state index in [1.54, 1.807) is 7.11 Å². The molecule has 4 nitrogen and oxygen atoms in total. The predicted molar refractivity (Wildman–Crippen MR) is 91.5 cm³/mol. The van der Waals surface area contributed by atoms with Gasteiger partial charge >= 0.3 is 0 Å². The van der Waals surface area contributed by atoms with Gasteiger partial charge in [-0.05, 0) is 17.2 Å². The summed E-state index contributed by atoms with van der Waals surface area (Å²) in [6, 6.07) is 16.5. The molecule has 4 heteroatoms. The Hall–Kier alpha value is -2.59. The summed E-state index contributed by atoms with van der Waals surface area (Å²) in [6.45, 7) is 1.37. The largest absolute Gasteiger partial charge is 0.496 e. The van der Waals surface area contributed by atoms with E-state index < -0.39 is 0 Å². The number of rotatable bonds is 6. The van der Waals surface area contributed by atoms with Crippen molar-refractivity contribution in [3.8, 4) is 5.75 Å². The molecule has 2 aromatic carbocycles. The molecule has 23 heavy (non-hydrogen) atoms. The van der Waals surface area contributed by atoms with Gasteiger partial charge in [0.05, 0.1) is 7.11 Å². The van der Waals surface area contributed by atoms with Crippen molar-refractivity contribution in [2.45, 2.75) is 19.5 Å². The molecule has 0 aliphatic heterocycles. The molecule has 0 unspecified atom stereocenters. The first-order valence-corrected chi connectivity index (χ1v) is 7.70. The second-order valence-corrected chi connectivity index (χ2v) is 5.48. The number of hydrogen-bond donors (Lipinski definition) is 1. The van der Waals surface area contributed by atoms with E-state index in [1.807, 2.05) is 30.6 Å². The van der Waals surface area contributed by atoms with Crippen LogP contribution in [0.2, 0.25) is 0 Å². The molecule has 0 amide bonds. The van der Waals surface area contributed by atoms with Crippen LogP contribution in [0.4, 0.5) is 0 Å². The highest BCUT2D eigenvalue weighted by molar-refractivity contribution is 5.35. The smallest absolute Gasteiger partial charge is 0.122 e. The van der Waals surface area contributed by atoms with E-state index in [-0.39, 0.29) is 0 Å². The fraction of sp³-hybridized carbons (Fsp3) is 0.211. The van der Waals surface area contributed by atoms with Gasteiger partial charge in [-0.15, -0.1) is 0 Å². The van der Waals surface area contributed by atoms with Gasteiger partial charge < -0.3 is 15.0 Å². The summed E-state index contributed by atoms with van der Waals surface area (Å²) in [5.41, 5.74) is 9.17. The second kappa shape index (κ2) is 7.11. The lowest BCUT2D eigenvalue weighted by Crippen LogP contribution is -2.06. The van der Waals surface area contributed by atoms with E-state index >= 15 is 0 Å². The van der Waals surface area contributed by atoms with E-state index in [1.165, 1.54) is 5.56 Å². The number of ether oxygens (including phenoxy) is 1. The Kier molecular flexibility index (Phi) is 4.74. The van der Waals surface area contributed by atoms with Gasteiger partial charge in [0.2, 0.25) is 0 Å². The standard InChI is InChI=1S/C19H21N3O/c1-23-18-5-3-2-4-17(18)12-19-21-10-11-22(19)14-16-8-6-15(13-20)7-9-16/h2-11H,12-14,20H2,1H3. The summed E-state index contributed by atoms with van der Waals surface area (Å²) in [7, 11) is 1.70. The first kappa shape index (κ1) is 15.3. The molecule has 0 radical (unpaired) electrons. The summed E-state index contributed by atoms with van der Waals surface area (Å²) in [5.74, 6) is 1.92. The third kappa shape index (κ3) is 3.60. The van der Waals surface area contributed by atoms with Crippen LogP contribution in [0.25, 0.3) is 0 Å². The monoisotopic (exact) mass is 307 g/mol. The minimum Gasteiger partial charge on any atom is -0.496 e. The number of aromatic nitrogens is 2. The number of benzene rings is 2. The van der Waals surface area contributed by atoms with Gasteiger partial charge in [0, 0.05) is 37.5 Å². The lowest BCUT2D eigenvalue weighted by atomic mass is 10.1. The summed E-state index contributed by atoms with van der Waals surface area (Å²) in [5, 5.41) is 0. The van der Waals surface area contributed by atoms with Crippen LogP contribution in [-0.4, -0.2) is 16.7 Å². The Morgan fingerprint density at radius 1 is 1.04 bits per heavy atom. The number of hydrogen-bond acceptors (Lipinski definition) is 3. The first-order valence-electron chi connectivity index (χ1n) is 7.70. The van der Waals surface area contributed by atoms with E-state index in [0.29, 0.717) is 6.54 Å². The van der Waals surface area contributed by atoms with E-state index in [4.69, 9.17) is 10.5 Å². The average molecular weight is 307 g/mol. The van der Waals surface area contributed by atoms with Crippen LogP contribution >= 0.6 is 0 Å². The molecule has 0 spiro atoms. The fourth-order valence-electron chi connectivity index (χ4n) is 2.65. The molecule has 0 saturated carbocycles. The highest BCUT2D eigenvalue weighted by atomic mass is 16.5. The lowest BCUT2D eigenvalue weighted by molar-refractivity contribution is 0.410. The zero-order valence-electron chi connectivity index (χ0n) is 13.3. The van der Waals surface area contributed by atoms with Crippen molar-refractivity contribution in [1.29, 1.82) is 0 Å². The fourth-order valence-corrected chi connectivity index (χ4v) is 2.65. The number of para-hydroxylation sites is 1. The Morgan fingerprint density at radius 3 is 2.52 bits per heavy atom. The van der Waals surface area contributed by atoms with Crippen molar-refractivity contribution in [2.75, 3.05) is 7.11 Å². The zero-order chi connectivity index (χ0) is 16.1. The van der Waals surface area contributed by atoms with Gasteiger partial charge in [0.1, 0.15) is 11.6 Å². The molecule has 0 aliphatic carbocycles. The van der Waals surface area contributed by atoms with Crippen LogP contribution in [-0.2, 0) is 19.5 Å². The van der Waals surface area contributed by atoms with Gasteiger partial charge in [-0.3, -0.25) is 0 Å². The van der Waals surface area contributed by atoms with Crippen molar-refractivity contribution in [2.24, 2.45) is 5.73 Å². The van der Waals surface area contributed by atoms with Gasteiger partial charge in [-0.1, -0.05) is 42.5 Å². The maximum absolute atomic E-state index is 5.65. The third-order valence-electron chi connectivity index (χ3n) is 3.95. The van der Waals surface area contributed by atoms with Crippen LogP contribution in [0.3, 0.4) is 0 Å². The average Bonchev–Trinajstić information content (AvgIpc) is 3.03. The highest BCUT2D eigenvalue weighted by Crippen LogP contribution is 2.20. The number of nitrogens with two attached hydrogens (primary N) is 1. The molecule has 118 valence electrons. The van der Waals surface area contributed by atoms with Crippen molar-refractivity contribution in [3.05, 3.63) is 83.4 Å². The Morgan fingerprint density at radius 2 is 1.78 bits per heavy atom. The molecule has 3 rings (SSSR count). The van der Waals surface area contributed by atoms with E-state index in [2.05, 4.69) is 39.9 Å². The molecule has 0 bridgehead atoms. The second-order valence-electron chi connectivity index (χ2n) is 5.48. The maximum Gasteiger partial charge on any atom is 0.122 e. The van der Waals surface area contributed by atoms with Crippen molar-refractivity contribution in [1.82, 2.24) is 9.55 Å². The molecule has 0 atom stereocenters. The minimum absolute atomic E-state index is 0.574. The lowest BCUT2D eigenvalue weighted by Gasteiger charge is -2.11. The molecule has 1 aromatic heterocycles. The summed E-state index contributed by atoms with van der Waals surface area (Å²) < 4.78 is 7.60. The number of nitrogens with zero attached hydrogens (tertiary/aromatic N) is 2. The number of methoxy groups -OCH3 is 1. The van der Waals surface area contributed by atoms with Gasteiger partial charge in [0.15, 0.2) is 0 Å². The molecule has 0 fully saturated rings. The van der Waals surface area contributed by atoms with Gasteiger partial charge in [-0.25, -0.2) is 4.98 Å². The SMILES string of the molecule is COc1ccccc1Cc1nccn1Cc1ccc(CN)cc1. The summed E-state index contributed by atoms with van der Waals surface area (Å²) in [4.78, 5) is 4.50. The normalized spacial score (nSPS) is 10.7. The molecule has 3 aromatic rings. The molecule has 0 saturated heterocycles. The third-order valence-corrected chi connectivity index (χ3v) is 3.95. The van der Waals surface area contributed by atoms with Gasteiger partial charge in [0.25, 0.3) is 0 Å². The van der Waals surface area contributed by atoms with Crippen LogP contribution in [0, 0.1) is 0 Å². The van der Waals surface area contributed by atoms with Crippen LogP contribution in [0.15, 0.2) is 60.9 Å². The van der Waals surface area contributed by atoms with Crippen LogP contribution < -0.4 is 10.5 Å². The Labute approximate surface area is 136 Å². The highest BCUT2D eigenvalue weighted by Gasteiger charge is 2.08. The Bertz CT molecular complexity index is 762. The maximum atomic E-state index is 5.65. The van der Waals surface area contributed by atoms with Crippen molar-refractivity contribution in [3.63, 3.8) is 0 Å². The van der Waals surface area contributed by atoms with E-state index in [0.717, 1.165) is 35.7 Å². The molecule has 0 aliphatic rings. The topological polar surface area (TPSA) is 53.1 Å². The molecular formula is C19H21N3O. The molecule has 1 heterocycles. The van der Waals surface area contributed by atoms with E-state index in [9.17, 15) is 0 Å². The van der Waals surface area contributed by atoms with Crippen LogP contribution in [0.1, 0.15) is 22.5 Å². The summed E-state index contributed by atoms with van der Waals surface area (Å²) in [6.07, 6.45) is 4.61. The van der Waals surface area contributed by atoms with Gasteiger partial charge in [-0.2, -0.15) is 0 Å². The van der Waals surface area contributed by atoms with Crippen LogP contribution in [0.5, 0.6) is 5.75 Å². The summed E-state index contributed by atoms with van der Waals surface area (Å²) >= 11 is 0. The van der Waals surface area contributed by atoms with Crippen molar-refractivity contribution >= 4 is 0 Å². The Balaban J connectivity index is 1.79. The minimum atomic E-state index is 0.574. The first-order chi connectivity index (χ1) is 11.3. The predicted octanol–water partition coefficient (Wildman–Crippen LogP) is 2.99. The quantitative estimate of drug-likeness (QED) is 0.761.